The minimum absolute atomic E-state index is 0.144. The number of H-pyrrole nitrogens is 1. The van der Waals surface area contributed by atoms with E-state index in [1.807, 2.05) is 0 Å². The largest absolute Gasteiger partial charge is 0.573 e. The monoisotopic (exact) mass is 397 g/mol. The van der Waals surface area contributed by atoms with Crippen molar-refractivity contribution in [2.45, 2.75) is 11.7 Å². The molecule has 15 heavy (non-hydrogen) atoms. The number of hydrogen-bond acceptors (Lipinski definition) is 2. The highest BCUT2D eigenvalue weighted by molar-refractivity contribution is 14.1. The van der Waals surface area contributed by atoms with Gasteiger partial charge in [-0.3, -0.25) is 4.79 Å². The van der Waals surface area contributed by atoms with Gasteiger partial charge >= 0.3 is 6.36 Å². The molecule has 3 nitrogen and oxygen atoms in total. The second-order valence-electron chi connectivity index (χ2n) is 2.47. The standard InChI is InChI=1S/C7H4BrF3INO2/c8-1-3-2-13-6(14)5(4(3)12)15-7(9,10)11/h2H,1H2,(H,13,14). The van der Waals surface area contributed by atoms with Gasteiger partial charge in [-0.25, -0.2) is 0 Å². The Morgan fingerprint density at radius 1 is 1.53 bits per heavy atom. The Morgan fingerprint density at radius 2 is 2.13 bits per heavy atom. The SMILES string of the molecule is O=c1[nH]cc(CBr)c(I)c1OC(F)(F)F. The lowest BCUT2D eigenvalue weighted by Crippen LogP contribution is -2.24. The second-order valence-corrected chi connectivity index (χ2v) is 4.11. The van der Waals surface area contributed by atoms with Crippen molar-refractivity contribution < 1.29 is 17.9 Å². The lowest BCUT2D eigenvalue weighted by atomic mass is 10.3. The lowest BCUT2D eigenvalue weighted by molar-refractivity contribution is -0.275. The van der Waals surface area contributed by atoms with Crippen molar-refractivity contribution in [2.75, 3.05) is 0 Å². The molecule has 0 aliphatic rings. The van der Waals surface area contributed by atoms with E-state index in [1.54, 1.807) is 22.6 Å². The molecule has 84 valence electrons. The fourth-order valence-corrected chi connectivity index (χ4v) is 2.50. The Hall–Kier alpha value is -0.250. The van der Waals surface area contributed by atoms with Gasteiger partial charge < -0.3 is 9.72 Å². The molecular formula is C7H4BrF3INO2. The van der Waals surface area contributed by atoms with E-state index in [1.165, 1.54) is 6.20 Å². The number of ether oxygens (including phenoxy) is 1. The first-order valence-electron chi connectivity index (χ1n) is 3.57. The van der Waals surface area contributed by atoms with E-state index in [4.69, 9.17) is 0 Å². The minimum atomic E-state index is -4.86. The molecule has 1 N–H and O–H groups in total. The van der Waals surface area contributed by atoms with E-state index in [0.717, 1.165) is 0 Å². The third-order valence-corrected chi connectivity index (χ3v) is 3.21. The molecule has 0 spiro atoms. The molecule has 0 radical (unpaired) electrons. The number of aromatic nitrogens is 1. The smallest absolute Gasteiger partial charge is 0.399 e. The van der Waals surface area contributed by atoms with Crippen LogP contribution in [0.3, 0.4) is 0 Å². The van der Waals surface area contributed by atoms with Gasteiger partial charge in [0, 0.05) is 11.5 Å². The van der Waals surface area contributed by atoms with Crippen LogP contribution in [-0.2, 0) is 5.33 Å². The summed E-state index contributed by atoms with van der Waals surface area (Å²) in [6.07, 6.45) is -3.53. The van der Waals surface area contributed by atoms with Crippen LogP contribution in [0.15, 0.2) is 11.0 Å². The fraction of sp³-hybridized carbons (Fsp3) is 0.286. The van der Waals surface area contributed by atoms with Crippen LogP contribution in [0.1, 0.15) is 5.56 Å². The molecule has 0 amide bonds. The van der Waals surface area contributed by atoms with Crippen LogP contribution >= 0.6 is 38.5 Å². The number of rotatable bonds is 2. The van der Waals surface area contributed by atoms with Crippen molar-refractivity contribution in [1.29, 1.82) is 0 Å². The molecule has 0 atom stereocenters. The van der Waals surface area contributed by atoms with Gasteiger partial charge in [0.2, 0.25) is 5.75 Å². The van der Waals surface area contributed by atoms with Gasteiger partial charge in [0.15, 0.2) is 0 Å². The number of alkyl halides is 4. The zero-order valence-corrected chi connectivity index (χ0v) is 10.7. The Bertz CT molecular complexity index is 418. The number of pyridine rings is 1. The second kappa shape index (κ2) is 4.73. The highest BCUT2D eigenvalue weighted by Crippen LogP contribution is 2.26. The molecule has 0 aliphatic carbocycles. The minimum Gasteiger partial charge on any atom is -0.399 e. The number of nitrogens with one attached hydrogen (secondary N) is 1. The first-order chi connectivity index (χ1) is 6.85. The summed E-state index contributed by atoms with van der Waals surface area (Å²) in [6.45, 7) is 0. The van der Waals surface area contributed by atoms with E-state index in [9.17, 15) is 18.0 Å². The number of aromatic amines is 1. The zero-order valence-electron chi connectivity index (χ0n) is 6.99. The van der Waals surface area contributed by atoms with E-state index >= 15 is 0 Å². The number of hydrogen-bond donors (Lipinski definition) is 1. The van der Waals surface area contributed by atoms with Crippen molar-refractivity contribution >= 4 is 38.5 Å². The van der Waals surface area contributed by atoms with Crippen LogP contribution in [0.5, 0.6) is 5.75 Å². The Labute approximate surface area is 104 Å². The molecule has 1 rings (SSSR count). The van der Waals surface area contributed by atoms with Crippen molar-refractivity contribution in [2.24, 2.45) is 0 Å². The van der Waals surface area contributed by atoms with Gasteiger partial charge in [-0.05, 0) is 28.2 Å². The van der Waals surface area contributed by atoms with Gasteiger partial charge in [0.1, 0.15) is 0 Å². The van der Waals surface area contributed by atoms with Crippen molar-refractivity contribution in [1.82, 2.24) is 4.98 Å². The lowest BCUT2D eigenvalue weighted by Gasteiger charge is -2.10. The van der Waals surface area contributed by atoms with Crippen LogP contribution in [0.25, 0.3) is 0 Å². The Kier molecular flexibility index (Phi) is 4.04. The predicted octanol–water partition coefficient (Wildman–Crippen LogP) is 2.77. The van der Waals surface area contributed by atoms with E-state index in [-0.39, 0.29) is 3.57 Å². The van der Waals surface area contributed by atoms with E-state index in [2.05, 4.69) is 25.7 Å². The molecule has 1 aromatic heterocycles. The molecule has 0 saturated carbocycles. The Balaban J connectivity index is 3.22. The summed E-state index contributed by atoms with van der Waals surface area (Å²) in [4.78, 5) is 13.3. The third kappa shape index (κ3) is 3.37. The van der Waals surface area contributed by atoms with Gasteiger partial charge in [0.25, 0.3) is 5.56 Å². The van der Waals surface area contributed by atoms with Crippen LogP contribution < -0.4 is 10.3 Å². The normalized spacial score (nSPS) is 11.5. The molecule has 1 aromatic rings. The number of halogens is 5. The van der Waals surface area contributed by atoms with Crippen molar-refractivity contribution in [3.8, 4) is 5.75 Å². The van der Waals surface area contributed by atoms with Crippen LogP contribution in [0, 0.1) is 3.57 Å². The summed E-state index contributed by atoms with van der Waals surface area (Å²) in [5, 5.41) is 0.330. The average Bonchev–Trinajstić information content (AvgIpc) is 2.11. The van der Waals surface area contributed by atoms with Gasteiger partial charge in [-0.2, -0.15) is 0 Å². The van der Waals surface area contributed by atoms with Crippen LogP contribution in [0.4, 0.5) is 13.2 Å². The maximum absolute atomic E-state index is 11.9. The summed E-state index contributed by atoms with van der Waals surface area (Å²) in [5.41, 5.74) is -0.379. The van der Waals surface area contributed by atoms with Gasteiger partial charge in [-0.1, -0.05) is 15.9 Å². The molecule has 0 unspecified atom stereocenters. The maximum atomic E-state index is 11.9. The fourth-order valence-electron chi connectivity index (χ4n) is 0.831. The van der Waals surface area contributed by atoms with Crippen molar-refractivity contribution in [3.63, 3.8) is 0 Å². The van der Waals surface area contributed by atoms with Gasteiger partial charge in [0.05, 0.1) is 3.57 Å². The van der Waals surface area contributed by atoms with E-state index in [0.29, 0.717) is 10.9 Å². The topological polar surface area (TPSA) is 42.1 Å². The van der Waals surface area contributed by atoms with E-state index < -0.39 is 17.7 Å². The summed E-state index contributed by atoms with van der Waals surface area (Å²) in [7, 11) is 0. The molecule has 0 aliphatic heterocycles. The highest BCUT2D eigenvalue weighted by atomic mass is 127. The quantitative estimate of drug-likeness (QED) is 0.616. The highest BCUT2D eigenvalue weighted by Gasteiger charge is 2.33. The van der Waals surface area contributed by atoms with Crippen molar-refractivity contribution in [3.05, 3.63) is 25.7 Å². The molecular weight excluding hydrogens is 394 g/mol. The predicted molar refractivity (Wildman–Crippen MR) is 59.1 cm³/mol. The molecule has 1 heterocycles. The summed E-state index contributed by atoms with van der Waals surface area (Å²) in [6, 6.07) is 0. The summed E-state index contributed by atoms with van der Waals surface area (Å²) < 4.78 is 39.6. The first-order valence-corrected chi connectivity index (χ1v) is 5.77. The van der Waals surface area contributed by atoms with Crippen LogP contribution in [0.2, 0.25) is 0 Å². The third-order valence-electron chi connectivity index (χ3n) is 1.43. The summed E-state index contributed by atoms with van der Waals surface area (Å²) >= 11 is 4.71. The summed E-state index contributed by atoms with van der Waals surface area (Å²) in [5.74, 6) is -0.722. The molecule has 0 saturated heterocycles. The Morgan fingerprint density at radius 3 is 2.60 bits per heavy atom. The van der Waals surface area contributed by atoms with Gasteiger partial charge in [-0.15, -0.1) is 13.2 Å². The molecule has 0 fully saturated rings. The van der Waals surface area contributed by atoms with Crippen LogP contribution in [-0.4, -0.2) is 11.3 Å². The average molecular weight is 398 g/mol. The molecule has 0 aromatic carbocycles. The maximum Gasteiger partial charge on any atom is 0.573 e. The zero-order chi connectivity index (χ0) is 11.6. The molecule has 8 heteroatoms. The first kappa shape index (κ1) is 12.8. The molecule has 0 bridgehead atoms.